The molecule has 0 spiro atoms. The molecule has 28 heavy (non-hydrogen) atoms. The molecule has 8 heteroatoms. The van der Waals surface area contributed by atoms with Gasteiger partial charge in [0, 0.05) is 11.1 Å². The number of rotatable bonds is 6. The van der Waals surface area contributed by atoms with Crippen LogP contribution in [0.4, 0.5) is 5.69 Å². The number of anilines is 1. The van der Waals surface area contributed by atoms with Crippen LogP contribution in [0.15, 0.2) is 41.2 Å². The Hall–Kier alpha value is -2.90. The first-order valence-electron chi connectivity index (χ1n) is 8.80. The van der Waals surface area contributed by atoms with Crippen molar-refractivity contribution < 1.29 is 14.4 Å². The highest BCUT2D eigenvalue weighted by Gasteiger charge is 2.15. The number of quaternary nitrogens is 1. The first-order chi connectivity index (χ1) is 13.4. The molecular weight excluding hydrogens is 380 g/mol. The number of halogens is 1. The van der Waals surface area contributed by atoms with Gasteiger partial charge in [0.05, 0.1) is 30.7 Å². The van der Waals surface area contributed by atoms with Crippen LogP contribution < -0.4 is 20.5 Å². The minimum atomic E-state index is -0.181. The number of para-hydroxylation sites is 1. The molecule has 0 fully saturated rings. The molecule has 0 bridgehead atoms. The Bertz CT molecular complexity index is 1080. The molecule has 0 saturated carbocycles. The number of hydrogen-bond acceptors (Lipinski definition) is 4. The Morgan fingerprint density at radius 1 is 1.32 bits per heavy atom. The van der Waals surface area contributed by atoms with E-state index in [2.05, 4.69) is 15.3 Å². The molecule has 0 radical (unpaired) electrons. The highest BCUT2D eigenvalue weighted by Crippen LogP contribution is 2.30. The van der Waals surface area contributed by atoms with Crippen molar-refractivity contribution in [3.05, 3.63) is 63.2 Å². The lowest BCUT2D eigenvalue weighted by molar-refractivity contribution is -0.885. The second kappa shape index (κ2) is 8.41. The van der Waals surface area contributed by atoms with Gasteiger partial charge in [-0.3, -0.25) is 9.59 Å². The monoisotopic (exact) mass is 401 g/mol. The van der Waals surface area contributed by atoms with Gasteiger partial charge in [0.15, 0.2) is 12.4 Å². The third-order valence-corrected chi connectivity index (χ3v) is 4.76. The lowest BCUT2D eigenvalue weighted by atomic mass is 10.2. The molecule has 3 N–H and O–H groups in total. The summed E-state index contributed by atoms with van der Waals surface area (Å²) in [7, 11) is 3.38. The average molecular weight is 402 g/mol. The number of amides is 1. The van der Waals surface area contributed by atoms with Gasteiger partial charge in [0.2, 0.25) is 0 Å². The largest absolute Gasteiger partial charge is 0.495 e. The number of nitrogens with one attached hydrogen (secondary N) is 3. The summed E-state index contributed by atoms with van der Waals surface area (Å²) in [5, 5.41) is 3.97. The molecule has 146 valence electrons. The minimum Gasteiger partial charge on any atom is -0.495 e. The van der Waals surface area contributed by atoms with Crippen LogP contribution in [0.5, 0.6) is 5.75 Å². The number of aromatic nitrogens is 2. The molecular formula is C20H22ClN4O3+. The maximum absolute atomic E-state index is 12.4. The summed E-state index contributed by atoms with van der Waals surface area (Å²) in [6.07, 6.45) is 0. The zero-order valence-corrected chi connectivity index (χ0v) is 16.7. The molecule has 3 aromatic rings. The summed E-state index contributed by atoms with van der Waals surface area (Å²) in [6.45, 7) is 2.46. The summed E-state index contributed by atoms with van der Waals surface area (Å²) < 4.78 is 5.28. The molecule has 1 atom stereocenters. The van der Waals surface area contributed by atoms with Crippen LogP contribution in [0.25, 0.3) is 10.9 Å². The highest BCUT2D eigenvalue weighted by atomic mass is 35.5. The number of aryl methyl sites for hydroxylation is 1. The first-order valence-corrected chi connectivity index (χ1v) is 9.18. The number of ether oxygens (including phenoxy) is 1. The van der Waals surface area contributed by atoms with E-state index in [1.807, 2.05) is 20.0 Å². The van der Waals surface area contributed by atoms with Crippen molar-refractivity contribution in [1.29, 1.82) is 0 Å². The standard InChI is InChI=1S/C20H21ClN4O3/c1-12-8-16(17(28-3)9-14(12)21)23-19(26)11-25(2)10-18-22-15-7-5-4-6-13(15)20(27)24-18/h4-9H,10-11H2,1-3H3,(H,23,26)(H,22,24,27)/p+1. The number of benzene rings is 2. The van der Waals surface area contributed by atoms with E-state index in [1.54, 1.807) is 30.3 Å². The molecule has 1 aromatic heterocycles. The fourth-order valence-electron chi connectivity index (χ4n) is 2.97. The number of hydrogen-bond donors (Lipinski definition) is 3. The van der Waals surface area contributed by atoms with E-state index >= 15 is 0 Å². The number of aromatic amines is 1. The Kier molecular flexibility index (Phi) is 5.96. The van der Waals surface area contributed by atoms with Crippen LogP contribution in [0.1, 0.15) is 11.4 Å². The Morgan fingerprint density at radius 2 is 2.07 bits per heavy atom. The maximum atomic E-state index is 12.4. The van der Waals surface area contributed by atoms with Crippen LogP contribution in [-0.2, 0) is 11.3 Å². The predicted octanol–water partition coefficient (Wildman–Crippen LogP) is 1.55. The van der Waals surface area contributed by atoms with Crippen molar-refractivity contribution in [3.8, 4) is 5.75 Å². The minimum absolute atomic E-state index is 0.180. The third-order valence-electron chi connectivity index (χ3n) is 4.35. The smallest absolute Gasteiger partial charge is 0.279 e. The lowest BCUT2D eigenvalue weighted by Crippen LogP contribution is -3.08. The molecule has 0 saturated heterocycles. The van der Waals surface area contributed by atoms with Crippen LogP contribution in [0.3, 0.4) is 0 Å². The van der Waals surface area contributed by atoms with Crippen LogP contribution >= 0.6 is 11.6 Å². The van der Waals surface area contributed by atoms with Crippen LogP contribution in [-0.4, -0.2) is 36.6 Å². The van der Waals surface area contributed by atoms with Crippen molar-refractivity contribution in [2.75, 3.05) is 26.0 Å². The number of carbonyl (C=O) groups excluding carboxylic acids is 1. The van der Waals surface area contributed by atoms with Gasteiger partial charge in [-0.15, -0.1) is 0 Å². The van der Waals surface area contributed by atoms with Gasteiger partial charge in [-0.05, 0) is 30.7 Å². The number of likely N-dealkylation sites (N-methyl/N-ethyl adjacent to an activating group) is 1. The summed E-state index contributed by atoms with van der Waals surface area (Å²) in [6, 6.07) is 10.6. The van der Waals surface area contributed by atoms with Crippen LogP contribution in [0.2, 0.25) is 5.02 Å². The Labute approximate surface area is 167 Å². The molecule has 0 aliphatic heterocycles. The second-order valence-electron chi connectivity index (χ2n) is 6.69. The molecule has 7 nitrogen and oxygen atoms in total. The molecule has 1 unspecified atom stereocenters. The van der Waals surface area contributed by atoms with Gasteiger partial charge in [-0.25, -0.2) is 4.98 Å². The number of methoxy groups -OCH3 is 1. The number of fused-ring (bicyclic) bond motifs is 1. The first kappa shape index (κ1) is 19.9. The fourth-order valence-corrected chi connectivity index (χ4v) is 3.12. The summed E-state index contributed by atoms with van der Waals surface area (Å²) in [5.74, 6) is 0.858. The zero-order valence-electron chi connectivity index (χ0n) is 15.9. The topological polar surface area (TPSA) is 88.5 Å². The summed E-state index contributed by atoms with van der Waals surface area (Å²) in [5.41, 5.74) is 1.87. The Balaban J connectivity index is 1.68. The second-order valence-corrected chi connectivity index (χ2v) is 7.10. The highest BCUT2D eigenvalue weighted by molar-refractivity contribution is 6.31. The molecule has 2 aromatic carbocycles. The van der Waals surface area contributed by atoms with Gasteiger partial charge in [0.1, 0.15) is 12.3 Å². The molecule has 3 rings (SSSR count). The van der Waals surface area contributed by atoms with Crippen molar-refractivity contribution in [1.82, 2.24) is 9.97 Å². The van der Waals surface area contributed by atoms with Crippen molar-refractivity contribution in [2.45, 2.75) is 13.5 Å². The van der Waals surface area contributed by atoms with E-state index < -0.39 is 0 Å². The van der Waals surface area contributed by atoms with E-state index in [1.165, 1.54) is 7.11 Å². The number of nitrogens with zero attached hydrogens (tertiary/aromatic N) is 1. The van der Waals surface area contributed by atoms with E-state index in [-0.39, 0.29) is 18.0 Å². The predicted molar refractivity (Wildman–Crippen MR) is 109 cm³/mol. The lowest BCUT2D eigenvalue weighted by Gasteiger charge is -2.15. The van der Waals surface area contributed by atoms with E-state index in [9.17, 15) is 9.59 Å². The van der Waals surface area contributed by atoms with E-state index in [0.717, 1.165) is 10.5 Å². The average Bonchev–Trinajstić information content (AvgIpc) is 2.64. The molecule has 1 heterocycles. The molecule has 0 aliphatic rings. The van der Waals surface area contributed by atoms with Crippen molar-refractivity contribution in [3.63, 3.8) is 0 Å². The van der Waals surface area contributed by atoms with Gasteiger partial charge >= 0.3 is 0 Å². The summed E-state index contributed by atoms with van der Waals surface area (Å²) in [4.78, 5) is 32.7. The number of H-pyrrole nitrogens is 1. The number of carbonyl (C=O) groups is 1. The van der Waals surface area contributed by atoms with Crippen LogP contribution in [0, 0.1) is 6.92 Å². The Morgan fingerprint density at radius 3 is 2.82 bits per heavy atom. The molecule has 1 amide bonds. The summed E-state index contributed by atoms with van der Waals surface area (Å²) >= 11 is 6.10. The molecule has 0 aliphatic carbocycles. The van der Waals surface area contributed by atoms with E-state index in [0.29, 0.717) is 39.7 Å². The van der Waals surface area contributed by atoms with Crippen molar-refractivity contribution in [2.24, 2.45) is 0 Å². The van der Waals surface area contributed by atoms with Gasteiger partial charge < -0.3 is 19.9 Å². The van der Waals surface area contributed by atoms with Gasteiger partial charge in [0.25, 0.3) is 11.5 Å². The van der Waals surface area contributed by atoms with E-state index in [4.69, 9.17) is 16.3 Å². The zero-order chi connectivity index (χ0) is 20.3. The quantitative estimate of drug-likeness (QED) is 0.584. The SMILES string of the molecule is COc1cc(Cl)c(C)cc1NC(=O)C[NH+](C)Cc1nc2ccccc2c(=O)[nH]1. The third kappa shape index (κ3) is 4.49. The maximum Gasteiger partial charge on any atom is 0.279 e. The fraction of sp³-hybridized carbons (Fsp3) is 0.250. The normalized spacial score (nSPS) is 12.0. The van der Waals surface area contributed by atoms with Crippen molar-refractivity contribution >= 4 is 34.1 Å². The van der Waals surface area contributed by atoms with Gasteiger partial charge in [-0.2, -0.15) is 0 Å². The van der Waals surface area contributed by atoms with Gasteiger partial charge in [-0.1, -0.05) is 23.7 Å².